The van der Waals surface area contributed by atoms with Crippen LogP contribution in [0.25, 0.3) is 0 Å². The predicted molar refractivity (Wildman–Crippen MR) is 106 cm³/mol. The first kappa shape index (κ1) is 18.1. The Morgan fingerprint density at radius 2 is 1.92 bits per heavy atom. The third-order valence-corrected chi connectivity index (χ3v) is 4.81. The summed E-state index contributed by atoms with van der Waals surface area (Å²) in [5.74, 6) is 0. The first-order valence-electron chi connectivity index (χ1n) is 9.12. The van der Waals surface area contributed by atoms with Crippen LogP contribution in [-0.4, -0.2) is 39.9 Å². The Bertz CT molecular complexity index is 743. The summed E-state index contributed by atoms with van der Waals surface area (Å²) in [4.78, 5) is 16.3. The number of nitrogens with one attached hydrogen (secondary N) is 1. The molecule has 1 N–H and O–H groups in total. The van der Waals surface area contributed by atoms with Crippen LogP contribution in [0.2, 0.25) is 0 Å². The van der Waals surface area contributed by atoms with Crippen LogP contribution >= 0.6 is 0 Å². The van der Waals surface area contributed by atoms with E-state index in [4.69, 9.17) is 4.74 Å². The summed E-state index contributed by atoms with van der Waals surface area (Å²) in [5, 5.41) is 2.91. The first-order valence-corrected chi connectivity index (χ1v) is 9.12. The second kappa shape index (κ2) is 8.13. The van der Waals surface area contributed by atoms with E-state index in [9.17, 15) is 4.79 Å². The number of anilines is 2. The smallest absolute Gasteiger partial charge is 0.407 e. The van der Waals surface area contributed by atoms with Gasteiger partial charge >= 0.3 is 6.09 Å². The van der Waals surface area contributed by atoms with Gasteiger partial charge in [0.25, 0.3) is 0 Å². The number of amides is 1. The highest BCUT2D eigenvalue weighted by atomic mass is 16.5. The molecule has 1 aliphatic heterocycles. The molecule has 0 saturated carbocycles. The average molecular weight is 353 g/mol. The second-order valence-corrected chi connectivity index (χ2v) is 6.68. The van der Waals surface area contributed by atoms with Crippen molar-refractivity contribution in [3.05, 3.63) is 59.7 Å². The van der Waals surface area contributed by atoms with Crippen molar-refractivity contribution in [1.29, 1.82) is 0 Å². The van der Waals surface area contributed by atoms with Gasteiger partial charge in [0.15, 0.2) is 0 Å². The summed E-state index contributed by atoms with van der Waals surface area (Å²) in [7, 11) is 4.07. The summed E-state index contributed by atoms with van der Waals surface area (Å²) in [6, 6.07) is 17.1. The van der Waals surface area contributed by atoms with E-state index in [1.54, 1.807) is 0 Å². The van der Waals surface area contributed by atoms with Gasteiger partial charge in [-0.25, -0.2) is 4.79 Å². The summed E-state index contributed by atoms with van der Waals surface area (Å²) in [6.45, 7) is 3.65. The minimum atomic E-state index is -0.366. The molecule has 0 saturated heterocycles. The van der Waals surface area contributed by atoms with Crippen LogP contribution in [0.5, 0.6) is 0 Å². The molecule has 0 bridgehead atoms. The van der Waals surface area contributed by atoms with Gasteiger partial charge in [-0.15, -0.1) is 0 Å². The van der Waals surface area contributed by atoms with Crippen molar-refractivity contribution in [3.8, 4) is 0 Å². The molecule has 1 amide bonds. The second-order valence-electron chi connectivity index (χ2n) is 6.68. The molecule has 5 nitrogen and oxygen atoms in total. The molecule has 1 heterocycles. The van der Waals surface area contributed by atoms with E-state index in [-0.39, 0.29) is 12.1 Å². The van der Waals surface area contributed by atoms with Crippen LogP contribution < -0.4 is 15.1 Å². The number of nitrogens with zero attached hydrogens (tertiary/aromatic N) is 2. The molecule has 0 fully saturated rings. The number of benzene rings is 2. The number of alkyl carbamates (subject to hydrolysis) is 1. The normalized spacial score (nSPS) is 13.9. The molecule has 1 atom stereocenters. The zero-order valence-electron chi connectivity index (χ0n) is 15.7. The minimum Gasteiger partial charge on any atom is -0.450 e. The first-order chi connectivity index (χ1) is 12.6. The predicted octanol–water partition coefficient (Wildman–Crippen LogP) is 3.60. The van der Waals surface area contributed by atoms with E-state index in [0.29, 0.717) is 13.2 Å². The van der Waals surface area contributed by atoms with Crippen LogP contribution in [0.3, 0.4) is 0 Å². The monoisotopic (exact) mass is 353 g/mol. The van der Waals surface area contributed by atoms with Crippen LogP contribution in [-0.2, 0) is 11.2 Å². The van der Waals surface area contributed by atoms with Gasteiger partial charge in [-0.2, -0.15) is 0 Å². The molecule has 138 valence electrons. The Morgan fingerprint density at radius 1 is 1.19 bits per heavy atom. The quantitative estimate of drug-likeness (QED) is 0.862. The van der Waals surface area contributed by atoms with Gasteiger partial charge in [0.1, 0.15) is 0 Å². The SMILES string of the molecule is CCOC(=O)NC[C@H](c1ccc(N(C)C)cc1)N1CCc2ccccc21. The van der Waals surface area contributed by atoms with E-state index in [1.165, 1.54) is 16.8 Å². The number of rotatable bonds is 6. The lowest BCUT2D eigenvalue weighted by molar-refractivity contribution is 0.151. The Labute approximate surface area is 155 Å². The average Bonchev–Trinajstić information content (AvgIpc) is 3.07. The van der Waals surface area contributed by atoms with Crippen molar-refractivity contribution in [2.24, 2.45) is 0 Å². The van der Waals surface area contributed by atoms with Crippen molar-refractivity contribution in [2.45, 2.75) is 19.4 Å². The number of hydrogen-bond acceptors (Lipinski definition) is 4. The molecule has 0 spiro atoms. The molecular weight excluding hydrogens is 326 g/mol. The molecule has 2 aromatic carbocycles. The molecule has 0 aromatic heterocycles. The lowest BCUT2D eigenvalue weighted by Crippen LogP contribution is -2.37. The highest BCUT2D eigenvalue weighted by molar-refractivity contribution is 5.67. The zero-order valence-corrected chi connectivity index (χ0v) is 15.7. The van der Waals surface area contributed by atoms with Gasteiger partial charge in [-0.1, -0.05) is 30.3 Å². The molecule has 1 aliphatic rings. The standard InChI is InChI=1S/C21H27N3O2/c1-4-26-21(25)22-15-20(17-9-11-18(12-10-17)23(2)3)24-14-13-16-7-5-6-8-19(16)24/h5-12,20H,4,13-15H2,1-3H3,(H,22,25)/t20-/m1/s1. The molecule has 26 heavy (non-hydrogen) atoms. The molecule has 0 aliphatic carbocycles. The third kappa shape index (κ3) is 3.93. The fourth-order valence-electron chi connectivity index (χ4n) is 3.45. The number of fused-ring (bicyclic) bond motifs is 1. The molecule has 0 radical (unpaired) electrons. The lowest BCUT2D eigenvalue weighted by atomic mass is 10.0. The molecular formula is C21H27N3O2. The number of para-hydroxylation sites is 1. The van der Waals surface area contributed by atoms with Gasteiger partial charge in [-0.05, 0) is 42.7 Å². The van der Waals surface area contributed by atoms with Crippen molar-refractivity contribution >= 4 is 17.5 Å². The van der Waals surface area contributed by atoms with Crippen LogP contribution in [0.1, 0.15) is 24.1 Å². The minimum absolute atomic E-state index is 0.0688. The van der Waals surface area contributed by atoms with Gasteiger partial charge in [0.05, 0.1) is 12.6 Å². The van der Waals surface area contributed by atoms with Crippen molar-refractivity contribution in [2.75, 3.05) is 43.6 Å². The van der Waals surface area contributed by atoms with E-state index in [1.807, 2.05) is 21.0 Å². The molecule has 5 heteroatoms. The maximum absolute atomic E-state index is 11.8. The molecule has 0 unspecified atom stereocenters. The third-order valence-electron chi connectivity index (χ3n) is 4.81. The topological polar surface area (TPSA) is 44.8 Å². The van der Waals surface area contributed by atoms with Crippen molar-refractivity contribution in [1.82, 2.24) is 5.32 Å². The summed E-state index contributed by atoms with van der Waals surface area (Å²) >= 11 is 0. The fraction of sp³-hybridized carbons (Fsp3) is 0.381. The highest BCUT2D eigenvalue weighted by Gasteiger charge is 2.27. The van der Waals surface area contributed by atoms with Crippen LogP contribution in [0, 0.1) is 0 Å². The van der Waals surface area contributed by atoms with Gasteiger partial charge in [-0.3, -0.25) is 0 Å². The number of carbonyl (C=O) groups excluding carboxylic acids is 1. The Balaban J connectivity index is 1.86. The van der Waals surface area contributed by atoms with Crippen LogP contribution in [0.15, 0.2) is 48.5 Å². The zero-order chi connectivity index (χ0) is 18.5. The van der Waals surface area contributed by atoms with Gasteiger partial charge < -0.3 is 19.9 Å². The lowest BCUT2D eigenvalue weighted by Gasteiger charge is -2.31. The van der Waals surface area contributed by atoms with Gasteiger partial charge in [0, 0.05) is 38.6 Å². The van der Waals surface area contributed by atoms with E-state index < -0.39 is 0 Å². The van der Waals surface area contributed by atoms with Crippen molar-refractivity contribution in [3.63, 3.8) is 0 Å². The van der Waals surface area contributed by atoms with E-state index in [2.05, 4.69) is 63.6 Å². The number of hydrogen-bond donors (Lipinski definition) is 1. The Hall–Kier alpha value is -2.69. The van der Waals surface area contributed by atoms with E-state index >= 15 is 0 Å². The number of ether oxygens (including phenoxy) is 1. The maximum atomic E-state index is 11.8. The summed E-state index contributed by atoms with van der Waals surface area (Å²) in [6.07, 6.45) is 0.664. The Morgan fingerprint density at radius 3 is 2.62 bits per heavy atom. The van der Waals surface area contributed by atoms with E-state index in [0.717, 1.165) is 18.7 Å². The summed E-state index contributed by atoms with van der Waals surface area (Å²) < 4.78 is 5.04. The maximum Gasteiger partial charge on any atom is 0.407 e. The van der Waals surface area contributed by atoms with Gasteiger partial charge in [0.2, 0.25) is 0 Å². The van der Waals surface area contributed by atoms with Crippen molar-refractivity contribution < 1.29 is 9.53 Å². The number of carbonyl (C=O) groups is 1. The highest BCUT2D eigenvalue weighted by Crippen LogP contribution is 2.35. The molecule has 2 aromatic rings. The fourth-order valence-corrected chi connectivity index (χ4v) is 3.45. The largest absolute Gasteiger partial charge is 0.450 e. The summed E-state index contributed by atoms with van der Waals surface area (Å²) in [5.41, 5.74) is 4.95. The Kier molecular flexibility index (Phi) is 5.66. The molecule has 3 rings (SSSR count). The van der Waals surface area contributed by atoms with Crippen LogP contribution in [0.4, 0.5) is 16.2 Å².